The topological polar surface area (TPSA) is 228 Å². The molecule has 2 atom stereocenters. The summed E-state index contributed by atoms with van der Waals surface area (Å²) >= 11 is 6.08. The molecule has 0 saturated carbocycles. The van der Waals surface area contributed by atoms with Gasteiger partial charge in [0.1, 0.15) is 6.04 Å². The summed E-state index contributed by atoms with van der Waals surface area (Å²) in [6.07, 6.45) is -5.65. The van der Waals surface area contributed by atoms with E-state index in [1.165, 1.54) is 47.3 Å². The third-order valence-corrected chi connectivity index (χ3v) is 7.67. The molecule has 49 heavy (non-hydrogen) atoms. The first-order chi connectivity index (χ1) is 22.5. The molecule has 0 spiro atoms. The largest absolute Gasteiger partial charge is 0.480 e. The number of rotatable bonds is 9. The van der Waals surface area contributed by atoms with Gasteiger partial charge in [0, 0.05) is 28.4 Å². The molecular weight excluding hydrogens is 693 g/mol. The van der Waals surface area contributed by atoms with Gasteiger partial charge < -0.3 is 26.8 Å². The lowest BCUT2D eigenvalue weighted by Gasteiger charge is -2.24. The number of carboxylic acid groups (broad SMARTS) is 1. The number of nitrogens with two attached hydrogens (primary N) is 2. The molecule has 2 aromatic heterocycles. The third-order valence-electron chi connectivity index (χ3n) is 6.56. The summed E-state index contributed by atoms with van der Waals surface area (Å²) in [6, 6.07) is 19.7. The highest BCUT2D eigenvalue weighted by atomic mass is 35.5. The van der Waals surface area contributed by atoms with E-state index < -0.39 is 40.3 Å². The summed E-state index contributed by atoms with van der Waals surface area (Å²) in [5.41, 5.74) is 13.2. The quantitative estimate of drug-likeness (QED) is 0.153. The third kappa shape index (κ3) is 10.5. The number of hydrogen-bond acceptors (Lipinski definition) is 9. The smallest absolute Gasteiger partial charge is 0.429 e. The summed E-state index contributed by atoms with van der Waals surface area (Å²) in [5.74, 6) is -1.83. The first-order valence-electron chi connectivity index (χ1n) is 13.8. The van der Waals surface area contributed by atoms with E-state index in [0.29, 0.717) is 16.8 Å². The molecule has 0 aliphatic carbocycles. The van der Waals surface area contributed by atoms with Crippen LogP contribution in [0.15, 0.2) is 96.0 Å². The second-order valence-electron chi connectivity index (χ2n) is 10.2. The van der Waals surface area contributed by atoms with Crippen molar-refractivity contribution >= 4 is 33.6 Å². The maximum Gasteiger partial charge on any atom is 0.429 e. The van der Waals surface area contributed by atoms with Crippen LogP contribution in [0.4, 0.5) is 19.1 Å². The number of nitrogen functional groups attached to an aromatic ring is 1. The lowest BCUT2D eigenvalue weighted by Crippen LogP contribution is -2.32. The Morgan fingerprint density at radius 3 is 2.20 bits per heavy atom. The van der Waals surface area contributed by atoms with Gasteiger partial charge >= 0.3 is 12.1 Å². The number of hydrogen-bond donors (Lipinski definition) is 4. The monoisotopic (exact) mass is 722 g/mol. The first kappa shape index (κ1) is 38.4. The Labute approximate surface area is 283 Å². The van der Waals surface area contributed by atoms with E-state index in [-0.39, 0.29) is 44.7 Å². The Kier molecular flexibility index (Phi) is 12.4. The van der Waals surface area contributed by atoms with Gasteiger partial charge in [-0.05, 0) is 49.2 Å². The Morgan fingerprint density at radius 1 is 1.02 bits per heavy atom. The van der Waals surface area contributed by atoms with Crippen LogP contribution in [0.3, 0.4) is 0 Å². The highest BCUT2D eigenvalue weighted by Gasteiger charge is 2.45. The molecule has 0 fully saturated rings. The van der Waals surface area contributed by atoms with Crippen molar-refractivity contribution in [1.82, 2.24) is 19.7 Å². The Morgan fingerprint density at radius 2 is 1.67 bits per heavy atom. The summed E-state index contributed by atoms with van der Waals surface area (Å²) in [4.78, 5) is 18.9. The summed E-state index contributed by atoms with van der Waals surface area (Å²) in [6.45, 7) is 1.71. The number of alkyl halides is 3. The zero-order valence-corrected chi connectivity index (χ0v) is 27.0. The van der Waals surface area contributed by atoms with Gasteiger partial charge in [0.25, 0.3) is 10.1 Å². The number of aromatic nitrogens is 4. The number of benzene rings is 3. The predicted molar refractivity (Wildman–Crippen MR) is 174 cm³/mol. The maximum absolute atomic E-state index is 14.3. The van der Waals surface area contributed by atoms with E-state index in [1.54, 1.807) is 55.5 Å². The van der Waals surface area contributed by atoms with Crippen LogP contribution in [0.2, 0.25) is 5.02 Å². The van der Waals surface area contributed by atoms with Gasteiger partial charge in [0.2, 0.25) is 17.9 Å². The average molecular weight is 723 g/mol. The van der Waals surface area contributed by atoms with Crippen molar-refractivity contribution in [3.05, 3.63) is 113 Å². The fourth-order valence-corrected chi connectivity index (χ4v) is 4.98. The number of aryl methyl sites for hydroxylation is 1. The van der Waals surface area contributed by atoms with Crippen molar-refractivity contribution in [2.75, 3.05) is 5.73 Å². The lowest BCUT2D eigenvalue weighted by molar-refractivity contribution is -0.198. The van der Waals surface area contributed by atoms with Gasteiger partial charge in [0.15, 0.2) is 0 Å². The summed E-state index contributed by atoms with van der Waals surface area (Å²) < 4.78 is 78.8. The zero-order chi connectivity index (χ0) is 35.2. The van der Waals surface area contributed by atoms with Crippen molar-refractivity contribution in [1.29, 1.82) is 0 Å². The van der Waals surface area contributed by atoms with Crippen LogP contribution in [0.5, 0.6) is 5.88 Å². The number of halogens is 4. The minimum atomic E-state index is -4.84. The van der Waals surface area contributed by atoms with Crippen LogP contribution < -0.4 is 16.2 Å². The molecule has 0 aliphatic rings. The second-order valence-corrected chi connectivity index (χ2v) is 12.1. The van der Waals surface area contributed by atoms with Gasteiger partial charge in [-0.1, -0.05) is 60.1 Å². The Balaban J connectivity index is 0.000000508. The molecule has 18 heteroatoms. The van der Waals surface area contributed by atoms with Crippen LogP contribution in [0.25, 0.3) is 16.9 Å². The standard InChI is InChI=1S/C25H22ClF3N6O3.C6H6O3S.H2O/c1-13-8-9-35(34-13)20-11-16(26)6-7-17(20)22(25(27,28)29)38-21-12-19(32-24(31)33-21)15-4-2-14(3-5-15)10-18(30)23(36)37;7-10(8,9)6-4-2-1-3-5-6;/h2-9,11-12,18,22H,10,30H2,1H3,(H,36,37)(H2,31,32,33);1-5H,(H,7,8,9);1H2/t18-,22+;;/m0../s1. The fraction of sp³-hybridized carbons (Fsp3) is 0.161. The molecule has 8 N–H and O–H groups in total. The fourth-order valence-electron chi connectivity index (χ4n) is 4.31. The van der Waals surface area contributed by atoms with Crippen LogP contribution in [-0.4, -0.2) is 61.5 Å². The normalized spacial score (nSPS) is 12.6. The van der Waals surface area contributed by atoms with E-state index in [9.17, 15) is 26.4 Å². The highest BCUT2D eigenvalue weighted by Crippen LogP contribution is 2.40. The molecule has 2 heterocycles. The van der Waals surface area contributed by atoms with Gasteiger partial charge in [0.05, 0.1) is 22.0 Å². The van der Waals surface area contributed by atoms with Gasteiger partial charge in [-0.2, -0.15) is 31.7 Å². The highest BCUT2D eigenvalue weighted by molar-refractivity contribution is 7.85. The zero-order valence-electron chi connectivity index (χ0n) is 25.4. The lowest BCUT2D eigenvalue weighted by atomic mass is 10.0. The first-order valence-corrected chi connectivity index (χ1v) is 15.6. The minimum absolute atomic E-state index is 0. The van der Waals surface area contributed by atoms with Gasteiger partial charge in [-0.15, -0.1) is 0 Å². The summed E-state index contributed by atoms with van der Waals surface area (Å²) in [7, 11) is -4.00. The molecule has 0 amide bonds. The van der Waals surface area contributed by atoms with Crippen LogP contribution in [-0.2, 0) is 21.3 Å². The van der Waals surface area contributed by atoms with E-state index in [4.69, 9.17) is 37.5 Å². The number of aliphatic carboxylic acids is 1. The number of anilines is 1. The van der Waals surface area contributed by atoms with E-state index in [0.717, 1.165) is 0 Å². The van der Waals surface area contributed by atoms with Crippen LogP contribution in [0.1, 0.15) is 22.9 Å². The SMILES string of the molecule is Cc1ccn(-c2cc(Cl)ccc2[C@@H](Oc2cc(-c3ccc(C[C@H](N)C(=O)O)cc3)nc(N)n2)C(F)(F)F)n1.O.O=S(=O)(O)c1ccccc1. The van der Waals surface area contributed by atoms with Crippen molar-refractivity contribution in [3.8, 4) is 22.8 Å². The molecule has 13 nitrogen and oxygen atoms in total. The maximum atomic E-state index is 14.3. The molecule has 260 valence electrons. The molecule has 0 saturated heterocycles. The van der Waals surface area contributed by atoms with Gasteiger partial charge in [-0.3, -0.25) is 9.35 Å². The summed E-state index contributed by atoms with van der Waals surface area (Å²) in [5, 5.41) is 13.4. The average Bonchev–Trinajstić information content (AvgIpc) is 3.46. The van der Waals surface area contributed by atoms with Crippen molar-refractivity contribution in [2.45, 2.75) is 36.6 Å². The van der Waals surface area contributed by atoms with E-state index in [1.807, 2.05) is 0 Å². The van der Waals surface area contributed by atoms with Crippen molar-refractivity contribution in [3.63, 3.8) is 0 Å². The van der Waals surface area contributed by atoms with Crippen LogP contribution in [0, 0.1) is 6.92 Å². The Bertz CT molecular complexity index is 2000. The number of nitrogens with zero attached hydrogens (tertiary/aromatic N) is 4. The molecule has 3 aromatic carbocycles. The Hall–Kier alpha value is -5.07. The van der Waals surface area contributed by atoms with Crippen LogP contribution >= 0.6 is 11.6 Å². The van der Waals surface area contributed by atoms with Crippen molar-refractivity contribution in [2.24, 2.45) is 5.73 Å². The number of ether oxygens (including phenoxy) is 1. The molecule has 0 bridgehead atoms. The molecule has 5 rings (SSSR count). The molecule has 0 aliphatic heterocycles. The van der Waals surface area contributed by atoms with E-state index in [2.05, 4.69) is 15.1 Å². The van der Waals surface area contributed by atoms with Gasteiger partial charge in [-0.25, -0.2) is 9.67 Å². The minimum Gasteiger partial charge on any atom is -0.480 e. The number of carboxylic acids is 1. The number of carbonyl (C=O) groups is 1. The second kappa shape index (κ2) is 15.9. The molecular formula is C31H30ClF3N6O7S. The molecule has 0 unspecified atom stereocenters. The predicted octanol–water partition coefficient (Wildman–Crippen LogP) is 4.62. The van der Waals surface area contributed by atoms with E-state index >= 15 is 0 Å². The molecule has 0 radical (unpaired) electrons. The van der Waals surface area contributed by atoms with Crippen molar-refractivity contribution < 1.29 is 46.3 Å². The molecule has 5 aromatic rings.